The zero-order valence-electron chi connectivity index (χ0n) is 12.3. The van der Waals surface area contributed by atoms with Gasteiger partial charge in [-0.05, 0) is 30.7 Å². The van der Waals surface area contributed by atoms with Crippen LogP contribution in [0.1, 0.15) is 21.7 Å². The van der Waals surface area contributed by atoms with E-state index in [0.29, 0.717) is 12.2 Å². The fourth-order valence-electron chi connectivity index (χ4n) is 2.25. The molecular formula is C15H17N3O3. The third kappa shape index (κ3) is 2.56. The number of amides is 1. The molecule has 0 unspecified atom stereocenters. The zero-order valence-corrected chi connectivity index (χ0v) is 12.3. The van der Waals surface area contributed by atoms with Crippen LogP contribution in [0, 0.1) is 6.92 Å². The molecule has 0 saturated carbocycles. The van der Waals surface area contributed by atoms with Gasteiger partial charge in [-0.2, -0.15) is 5.10 Å². The first-order valence-corrected chi connectivity index (χ1v) is 6.69. The molecule has 110 valence electrons. The zero-order chi connectivity index (χ0) is 15.0. The van der Waals surface area contributed by atoms with Gasteiger partial charge in [-0.25, -0.2) is 0 Å². The summed E-state index contributed by atoms with van der Waals surface area (Å²) in [5, 5.41) is 4.21. The van der Waals surface area contributed by atoms with E-state index < -0.39 is 0 Å². The van der Waals surface area contributed by atoms with Gasteiger partial charge >= 0.3 is 0 Å². The van der Waals surface area contributed by atoms with E-state index in [1.807, 2.05) is 32.2 Å². The number of nitrogens with zero attached hydrogens (tertiary/aromatic N) is 3. The highest BCUT2D eigenvalue weighted by atomic mass is 16.7. The minimum Gasteiger partial charge on any atom is -0.454 e. The quantitative estimate of drug-likeness (QED) is 0.862. The van der Waals surface area contributed by atoms with Gasteiger partial charge in [0, 0.05) is 26.3 Å². The van der Waals surface area contributed by atoms with E-state index in [-0.39, 0.29) is 12.7 Å². The minimum atomic E-state index is -0.101. The number of hydrogen-bond acceptors (Lipinski definition) is 4. The van der Waals surface area contributed by atoms with Gasteiger partial charge in [-0.15, -0.1) is 0 Å². The molecule has 0 spiro atoms. The second-order valence-electron chi connectivity index (χ2n) is 5.14. The Morgan fingerprint density at radius 2 is 2.10 bits per heavy atom. The molecular weight excluding hydrogens is 270 g/mol. The molecule has 0 saturated heterocycles. The molecule has 21 heavy (non-hydrogen) atoms. The summed E-state index contributed by atoms with van der Waals surface area (Å²) in [6.45, 7) is 2.66. The molecule has 1 aromatic carbocycles. The summed E-state index contributed by atoms with van der Waals surface area (Å²) in [5.41, 5.74) is 2.40. The number of fused-ring (bicyclic) bond motifs is 1. The van der Waals surface area contributed by atoms with E-state index in [9.17, 15) is 4.79 Å². The monoisotopic (exact) mass is 287 g/mol. The molecule has 6 heteroatoms. The highest BCUT2D eigenvalue weighted by molar-refractivity contribution is 5.92. The smallest absolute Gasteiger partial charge is 0.274 e. The van der Waals surface area contributed by atoms with Crippen LogP contribution < -0.4 is 9.47 Å². The van der Waals surface area contributed by atoms with E-state index in [1.165, 1.54) is 0 Å². The maximum absolute atomic E-state index is 12.3. The molecule has 1 aromatic heterocycles. The van der Waals surface area contributed by atoms with Gasteiger partial charge in [0.25, 0.3) is 5.91 Å². The first-order valence-electron chi connectivity index (χ1n) is 6.69. The fourth-order valence-corrected chi connectivity index (χ4v) is 2.25. The fraction of sp³-hybridized carbons (Fsp3) is 0.333. The van der Waals surface area contributed by atoms with E-state index in [2.05, 4.69) is 5.10 Å². The van der Waals surface area contributed by atoms with E-state index in [1.54, 1.807) is 22.7 Å². The lowest BCUT2D eigenvalue weighted by Crippen LogP contribution is -2.26. The van der Waals surface area contributed by atoms with Crippen molar-refractivity contribution in [3.05, 3.63) is 41.2 Å². The highest BCUT2D eigenvalue weighted by Crippen LogP contribution is 2.32. The van der Waals surface area contributed by atoms with E-state index in [0.717, 1.165) is 22.8 Å². The van der Waals surface area contributed by atoms with Gasteiger partial charge in [0.15, 0.2) is 17.2 Å². The van der Waals surface area contributed by atoms with Crippen LogP contribution in [0.25, 0.3) is 0 Å². The Labute approximate surface area is 122 Å². The number of hydrogen-bond donors (Lipinski definition) is 0. The van der Waals surface area contributed by atoms with Crippen LogP contribution in [-0.4, -0.2) is 34.4 Å². The topological polar surface area (TPSA) is 56.6 Å². The first kappa shape index (κ1) is 13.5. The summed E-state index contributed by atoms with van der Waals surface area (Å²) in [5.74, 6) is 1.37. The maximum atomic E-state index is 12.3. The lowest BCUT2D eigenvalue weighted by atomic mass is 10.2. The van der Waals surface area contributed by atoms with E-state index >= 15 is 0 Å². The molecule has 1 aliphatic rings. The second-order valence-corrected chi connectivity index (χ2v) is 5.14. The van der Waals surface area contributed by atoms with Gasteiger partial charge in [-0.1, -0.05) is 6.07 Å². The first-order chi connectivity index (χ1) is 10.0. The molecule has 0 fully saturated rings. The van der Waals surface area contributed by atoms with Crippen LogP contribution in [0.15, 0.2) is 24.3 Å². The molecule has 6 nitrogen and oxygen atoms in total. The minimum absolute atomic E-state index is 0.101. The Kier molecular flexibility index (Phi) is 3.29. The third-order valence-electron chi connectivity index (χ3n) is 3.54. The van der Waals surface area contributed by atoms with Gasteiger partial charge in [0.1, 0.15) is 0 Å². The Morgan fingerprint density at radius 3 is 2.81 bits per heavy atom. The van der Waals surface area contributed by atoms with Crippen molar-refractivity contribution < 1.29 is 14.3 Å². The van der Waals surface area contributed by atoms with Crippen molar-refractivity contribution in [1.82, 2.24) is 14.7 Å². The Bertz CT molecular complexity index is 674. The summed E-state index contributed by atoms with van der Waals surface area (Å²) >= 11 is 0. The molecule has 1 aliphatic heterocycles. The molecule has 0 atom stereocenters. The van der Waals surface area contributed by atoms with Gasteiger partial charge in [-0.3, -0.25) is 9.48 Å². The molecule has 0 aliphatic carbocycles. The Hall–Kier alpha value is -2.50. The van der Waals surface area contributed by atoms with Gasteiger partial charge in [0.05, 0.1) is 0 Å². The second kappa shape index (κ2) is 5.12. The lowest BCUT2D eigenvalue weighted by molar-refractivity contribution is 0.0778. The van der Waals surface area contributed by atoms with Crippen LogP contribution >= 0.6 is 0 Å². The molecule has 3 rings (SSSR count). The largest absolute Gasteiger partial charge is 0.454 e. The molecule has 2 heterocycles. The summed E-state index contributed by atoms with van der Waals surface area (Å²) in [7, 11) is 3.58. The molecule has 1 amide bonds. The van der Waals surface area contributed by atoms with Crippen molar-refractivity contribution in [2.24, 2.45) is 7.05 Å². The molecule has 0 bridgehead atoms. The third-order valence-corrected chi connectivity index (χ3v) is 3.54. The Balaban J connectivity index is 1.73. The number of benzene rings is 1. The van der Waals surface area contributed by atoms with Crippen LogP contribution in [0.4, 0.5) is 0 Å². The predicted molar refractivity (Wildman–Crippen MR) is 76.3 cm³/mol. The van der Waals surface area contributed by atoms with Gasteiger partial charge < -0.3 is 14.4 Å². The lowest BCUT2D eigenvalue weighted by Gasteiger charge is -2.16. The highest BCUT2D eigenvalue weighted by Gasteiger charge is 2.18. The normalized spacial score (nSPS) is 12.5. The van der Waals surface area contributed by atoms with Crippen LogP contribution in [0.3, 0.4) is 0 Å². The maximum Gasteiger partial charge on any atom is 0.274 e. The van der Waals surface area contributed by atoms with Crippen LogP contribution in [0.2, 0.25) is 0 Å². The SMILES string of the molecule is Cc1cc(C(=O)N(C)Cc2ccc3c(c2)OCO3)nn1C. The predicted octanol–water partition coefficient (Wildman–Crippen LogP) is 1.73. The molecule has 2 aromatic rings. The van der Waals surface area contributed by atoms with Crippen molar-refractivity contribution >= 4 is 5.91 Å². The number of carbonyl (C=O) groups is 1. The molecule has 0 N–H and O–H groups in total. The van der Waals surface area contributed by atoms with E-state index in [4.69, 9.17) is 9.47 Å². The van der Waals surface area contributed by atoms with Crippen molar-refractivity contribution in [3.8, 4) is 11.5 Å². The summed E-state index contributed by atoms with van der Waals surface area (Å²) in [6, 6.07) is 7.48. The number of ether oxygens (including phenoxy) is 2. The summed E-state index contributed by atoms with van der Waals surface area (Å²) in [6.07, 6.45) is 0. The summed E-state index contributed by atoms with van der Waals surface area (Å²) < 4.78 is 12.3. The van der Waals surface area contributed by atoms with Gasteiger partial charge in [0.2, 0.25) is 6.79 Å². The number of aryl methyl sites for hydroxylation is 2. The van der Waals surface area contributed by atoms with Crippen molar-refractivity contribution in [1.29, 1.82) is 0 Å². The summed E-state index contributed by atoms with van der Waals surface area (Å²) in [4.78, 5) is 14.0. The van der Waals surface area contributed by atoms with Crippen molar-refractivity contribution in [3.63, 3.8) is 0 Å². The van der Waals surface area contributed by atoms with Crippen molar-refractivity contribution in [2.75, 3.05) is 13.8 Å². The average molecular weight is 287 g/mol. The number of carbonyl (C=O) groups excluding carboxylic acids is 1. The molecule has 0 radical (unpaired) electrons. The standard InChI is InChI=1S/C15H17N3O3/c1-10-6-12(16-18(10)3)15(19)17(2)8-11-4-5-13-14(7-11)21-9-20-13/h4-7H,8-9H2,1-3H3. The van der Waals surface area contributed by atoms with Crippen molar-refractivity contribution in [2.45, 2.75) is 13.5 Å². The Morgan fingerprint density at radius 1 is 1.33 bits per heavy atom. The van der Waals surface area contributed by atoms with Crippen LogP contribution in [0.5, 0.6) is 11.5 Å². The van der Waals surface area contributed by atoms with Crippen LogP contribution in [-0.2, 0) is 13.6 Å². The number of rotatable bonds is 3. The average Bonchev–Trinajstić information content (AvgIpc) is 3.04. The number of aromatic nitrogens is 2.